The van der Waals surface area contributed by atoms with E-state index in [2.05, 4.69) is 10.6 Å². The zero-order valence-electron chi connectivity index (χ0n) is 14.6. The molecule has 1 heterocycles. The molecule has 2 unspecified atom stereocenters. The molecule has 0 aromatic heterocycles. The molecule has 2 rings (SSSR count). The molecule has 24 heavy (non-hydrogen) atoms. The number of carbonyl (C=O) groups excluding carboxylic acids is 1. The molecule has 1 aromatic carbocycles. The monoisotopic (exact) mass is 358 g/mol. The number of hydrogen-bond acceptors (Lipinski definition) is 5. The van der Waals surface area contributed by atoms with Gasteiger partial charge < -0.3 is 24.8 Å². The third kappa shape index (κ3) is 5.54. The summed E-state index contributed by atoms with van der Waals surface area (Å²) in [6.45, 7) is 7.76. The molecule has 0 bridgehead atoms. The number of halogens is 1. The van der Waals surface area contributed by atoms with Gasteiger partial charge in [0.25, 0.3) is 5.91 Å². The van der Waals surface area contributed by atoms with Crippen molar-refractivity contribution >= 4 is 18.3 Å². The second kappa shape index (κ2) is 9.71. The second-order valence-electron chi connectivity index (χ2n) is 5.87. The molecule has 0 saturated carbocycles. The molecule has 136 valence electrons. The Kier molecular flexibility index (Phi) is 8.31. The zero-order valence-corrected chi connectivity index (χ0v) is 15.4. The van der Waals surface area contributed by atoms with E-state index in [9.17, 15) is 4.79 Å². The fourth-order valence-corrected chi connectivity index (χ4v) is 2.43. The molecule has 1 aliphatic rings. The smallest absolute Gasteiger partial charge is 0.250 e. The highest BCUT2D eigenvalue weighted by Gasteiger charge is 2.23. The average Bonchev–Trinajstić information content (AvgIpc) is 2.55. The number of benzene rings is 1. The number of methoxy groups -OCH3 is 1. The first-order valence-electron chi connectivity index (χ1n) is 7.98. The molecule has 1 amide bonds. The van der Waals surface area contributed by atoms with Gasteiger partial charge in [0.15, 0.2) is 11.5 Å². The summed E-state index contributed by atoms with van der Waals surface area (Å²) in [4.78, 5) is 12.2. The Labute approximate surface area is 149 Å². The minimum Gasteiger partial charge on any atom is -0.493 e. The quantitative estimate of drug-likeness (QED) is 0.814. The number of nitrogens with one attached hydrogen (secondary N) is 2. The van der Waals surface area contributed by atoms with Crippen LogP contribution in [-0.4, -0.2) is 44.9 Å². The van der Waals surface area contributed by atoms with E-state index < -0.39 is 6.10 Å². The number of amides is 1. The van der Waals surface area contributed by atoms with Gasteiger partial charge in [-0.15, -0.1) is 12.4 Å². The van der Waals surface area contributed by atoms with E-state index in [4.69, 9.17) is 14.2 Å². The van der Waals surface area contributed by atoms with Gasteiger partial charge in [0, 0.05) is 13.1 Å². The van der Waals surface area contributed by atoms with Crippen molar-refractivity contribution in [2.45, 2.75) is 39.0 Å². The molecular weight excluding hydrogens is 332 g/mol. The maximum atomic E-state index is 12.2. The molecule has 2 atom stereocenters. The van der Waals surface area contributed by atoms with E-state index in [1.54, 1.807) is 7.11 Å². The summed E-state index contributed by atoms with van der Waals surface area (Å²) < 4.78 is 16.6. The lowest BCUT2D eigenvalue weighted by Crippen LogP contribution is -2.48. The Hall–Kier alpha value is -1.50. The van der Waals surface area contributed by atoms with Gasteiger partial charge in [-0.1, -0.05) is 6.07 Å². The molecule has 0 aliphatic carbocycles. The minimum atomic E-state index is -0.434. The van der Waals surface area contributed by atoms with Gasteiger partial charge in [-0.2, -0.15) is 0 Å². The van der Waals surface area contributed by atoms with Crippen molar-refractivity contribution in [1.82, 2.24) is 10.6 Å². The molecule has 2 N–H and O–H groups in total. The van der Waals surface area contributed by atoms with Crippen molar-refractivity contribution in [2.75, 3.05) is 26.8 Å². The largest absolute Gasteiger partial charge is 0.493 e. The predicted octanol–water partition coefficient (Wildman–Crippen LogP) is 2.07. The van der Waals surface area contributed by atoms with Crippen molar-refractivity contribution in [3.05, 3.63) is 23.8 Å². The normalized spacial score (nSPS) is 18.5. The van der Waals surface area contributed by atoms with Gasteiger partial charge in [-0.25, -0.2) is 0 Å². The molecule has 7 heteroatoms. The van der Waals surface area contributed by atoms with E-state index >= 15 is 0 Å². The Balaban J connectivity index is 0.00000288. The Morgan fingerprint density at radius 3 is 2.67 bits per heavy atom. The standard InChI is InChI=1S/C17H26N2O4.ClH/c1-11(2)23-14-6-5-13(9-15(14)21-4)12(3)19-17(20)16-10-18-7-8-22-16;/h5-6,9,11-12,16,18H,7-8,10H2,1-4H3,(H,19,20);1H. The fraction of sp³-hybridized carbons (Fsp3) is 0.588. The highest BCUT2D eigenvalue weighted by Crippen LogP contribution is 2.31. The van der Waals surface area contributed by atoms with Crippen molar-refractivity contribution in [1.29, 1.82) is 0 Å². The van der Waals surface area contributed by atoms with Crippen molar-refractivity contribution in [3.8, 4) is 11.5 Å². The van der Waals surface area contributed by atoms with E-state index in [1.807, 2.05) is 39.0 Å². The number of carbonyl (C=O) groups is 1. The summed E-state index contributed by atoms with van der Waals surface area (Å²) in [5.74, 6) is 1.25. The predicted molar refractivity (Wildman–Crippen MR) is 95.2 cm³/mol. The third-order valence-corrected chi connectivity index (χ3v) is 3.63. The van der Waals surface area contributed by atoms with E-state index in [0.717, 1.165) is 12.1 Å². The van der Waals surface area contributed by atoms with Crippen LogP contribution in [0.4, 0.5) is 0 Å². The van der Waals surface area contributed by atoms with Gasteiger partial charge in [0.05, 0.1) is 25.9 Å². The van der Waals surface area contributed by atoms with E-state index in [0.29, 0.717) is 24.7 Å². The molecule has 1 fully saturated rings. The third-order valence-electron chi connectivity index (χ3n) is 3.63. The van der Waals surface area contributed by atoms with Gasteiger partial charge in [-0.3, -0.25) is 4.79 Å². The highest BCUT2D eigenvalue weighted by molar-refractivity contribution is 5.85. The highest BCUT2D eigenvalue weighted by atomic mass is 35.5. The maximum absolute atomic E-state index is 12.2. The lowest BCUT2D eigenvalue weighted by molar-refractivity contribution is -0.134. The van der Waals surface area contributed by atoms with Crippen molar-refractivity contribution in [2.24, 2.45) is 0 Å². The van der Waals surface area contributed by atoms with E-state index in [1.165, 1.54) is 0 Å². The molecule has 6 nitrogen and oxygen atoms in total. The van der Waals surface area contributed by atoms with Crippen LogP contribution >= 0.6 is 12.4 Å². The number of morpholine rings is 1. The van der Waals surface area contributed by atoms with Crippen LogP contribution in [0.2, 0.25) is 0 Å². The van der Waals surface area contributed by atoms with Gasteiger partial charge in [0.2, 0.25) is 0 Å². The molecule has 1 aliphatic heterocycles. The lowest BCUT2D eigenvalue weighted by Gasteiger charge is -2.25. The molecule has 1 aromatic rings. The lowest BCUT2D eigenvalue weighted by atomic mass is 10.1. The van der Waals surface area contributed by atoms with Gasteiger partial charge in [0.1, 0.15) is 6.10 Å². The van der Waals surface area contributed by atoms with Crippen LogP contribution in [0.25, 0.3) is 0 Å². The van der Waals surface area contributed by atoms with E-state index in [-0.39, 0.29) is 30.5 Å². The molecule has 0 spiro atoms. The first kappa shape index (κ1) is 20.5. The second-order valence-corrected chi connectivity index (χ2v) is 5.87. The van der Waals surface area contributed by atoms with Gasteiger partial charge >= 0.3 is 0 Å². The van der Waals surface area contributed by atoms with Crippen LogP contribution < -0.4 is 20.1 Å². The topological polar surface area (TPSA) is 68.8 Å². The maximum Gasteiger partial charge on any atom is 0.250 e. The van der Waals surface area contributed by atoms with Crippen LogP contribution in [0.15, 0.2) is 18.2 Å². The van der Waals surface area contributed by atoms with Gasteiger partial charge in [-0.05, 0) is 38.5 Å². The fourth-order valence-electron chi connectivity index (χ4n) is 2.43. The Bertz CT molecular complexity index is 533. The summed E-state index contributed by atoms with van der Waals surface area (Å²) in [6, 6.07) is 5.55. The summed E-state index contributed by atoms with van der Waals surface area (Å²) in [6.07, 6.45) is -0.362. The average molecular weight is 359 g/mol. The number of ether oxygens (including phenoxy) is 3. The Morgan fingerprint density at radius 2 is 2.08 bits per heavy atom. The number of rotatable bonds is 6. The van der Waals surface area contributed by atoms with Crippen LogP contribution in [0.3, 0.4) is 0 Å². The minimum absolute atomic E-state index is 0. The summed E-state index contributed by atoms with van der Waals surface area (Å²) >= 11 is 0. The molecular formula is C17H27ClN2O4. The first-order valence-corrected chi connectivity index (χ1v) is 7.98. The number of hydrogen-bond donors (Lipinski definition) is 2. The van der Waals surface area contributed by atoms with Crippen molar-refractivity contribution < 1.29 is 19.0 Å². The molecule has 0 radical (unpaired) electrons. The zero-order chi connectivity index (χ0) is 16.8. The Morgan fingerprint density at radius 1 is 1.33 bits per heavy atom. The summed E-state index contributed by atoms with van der Waals surface area (Å²) in [7, 11) is 1.61. The summed E-state index contributed by atoms with van der Waals surface area (Å²) in [5, 5.41) is 6.13. The summed E-state index contributed by atoms with van der Waals surface area (Å²) in [5.41, 5.74) is 0.954. The van der Waals surface area contributed by atoms with Crippen molar-refractivity contribution in [3.63, 3.8) is 0 Å². The molecule has 1 saturated heterocycles. The van der Waals surface area contributed by atoms with Crippen LogP contribution in [0.5, 0.6) is 11.5 Å². The van der Waals surface area contributed by atoms with Crippen LogP contribution in [-0.2, 0) is 9.53 Å². The van der Waals surface area contributed by atoms with Crippen LogP contribution in [0, 0.1) is 0 Å². The van der Waals surface area contributed by atoms with Crippen LogP contribution in [0.1, 0.15) is 32.4 Å². The SMILES string of the molecule is COc1cc(C(C)NC(=O)C2CNCCO2)ccc1OC(C)C.Cl. The first-order chi connectivity index (χ1) is 11.0.